The molecule has 20 heteroatoms. The number of hydrogen-bond acceptors (Lipinski definition) is 20. The Hall–Kier alpha value is -11.8. The summed E-state index contributed by atoms with van der Waals surface area (Å²) in [5, 5.41) is 82.8. The molecule has 0 radical (unpaired) electrons. The van der Waals surface area contributed by atoms with Crippen molar-refractivity contribution in [1.29, 1.82) is 52.6 Å². The van der Waals surface area contributed by atoms with Gasteiger partial charge in [0.2, 0.25) is 0 Å². The number of hydrogen-bond donors (Lipinski definition) is 0. The molecule has 83 heavy (non-hydrogen) atoms. The number of para-hydroxylation sites is 1. The van der Waals surface area contributed by atoms with Crippen LogP contribution in [-0.4, -0.2) is 90.7 Å². The van der Waals surface area contributed by atoms with Crippen molar-refractivity contribution in [1.82, 2.24) is 0 Å². The van der Waals surface area contributed by atoms with Crippen LogP contribution >= 0.6 is 0 Å². The molecule has 0 spiro atoms. The van der Waals surface area contributed by atoms with Crippen LogP contribution in [0.25, 0.3) is 0 Å². The average molecular weight is 1120 g/mol. The van der Waals surface area contributed by atoms with Gasteiger partial charge in [-0.05, 0) is 44.0 Å². The third-order valence-electron chi connectivity index (χ3n) is 7.47. The number of ether oxygens (including phenoxy) is 8. The molecule has 2 unspecified atom stereocenters. The lowest BCUT2D eigenvalue weighted by molar-refractivity contribution is -0.145. The molecular formula is C63H60N10O10. The van der Waals surface area contributed by atoms with E-state index in [0.717, 1.165) is 19.3 Å². The summed E-state index contributed by atoms with van der Waals surface area (Å²) < 4.78 is 38.5. The van der Waals surface area contributed by atoms with Gasteiger partial charge in [0, 0.05) is 19.4 Å². The third-order valence-corrected chi connectivity index (χ3v) is 7.47. The molecule has 0 amide bonds. The van der Waals surface area contributed by atoms with Crippen molar-refractivity contribution < 1.29 is 47.5 Å². The van der Waals surface area contributed by atoms with Gasteiger partial charge >= 0.3 is 11.9 Å². The van der Waals surface area contributed by atoms with Crippen molar-refractivity contribution in [2.75, 3.05) is 72.7 Å². The fourth-order valence-electron chi connectivity index (χ4n) is 3.97. The first-order valence-corrected chi connectivity index (χ1v) is 23.8. The molecule has 0 fully saturated rings. The summed E-state index contributed by atoms with van der Waals surface area (Å²) in [6, 6.07) is 30.3. The average Bonchev–Trinajstić information content (AvgIpc) is 3.52. The fourth-order valence-corrected chi connectivity index (χ4v) is 3.97. The standard InChI is InChI=1S/C11H6N2O.C10H7NO.C8H6N2O2.C8H11NO.2C7H9NO.C6H5NO2.C6H7NO/c1-2-6-14-11-5-3-4-9(7-12)10(11)8-13;1-2-7-12-10-6-4-3-5-9(10)8-11;1-2-5-12-8(11)7(6-10)3-4-9;1-3-8(4-2)10-7-5-6-9;1-2-6-9-7-4-3-5-8;1-2-3-4-6-9-7-5-8;1-2-5-9-6(8)3-4-7;1-2-3-5-8-6-4-7/h1,3-5H,6H2;1,3-6H,7H2;1,7H,3,5H2;1,8H,4-5,7H2,2H3;1H,3-4,6-7H2;2,6-7H2,1H3;1H,3,5H2;5-6H2,1H3. The van der Waals surface area contributed by atoms with Crippen molar-refractivity contribution in [2.45, 2.75) is 71.8 Å². The second kappa shape index (κ2) is 72.3. The molecule has 0 saturated carbocycles. The van der Waals surface area contributed by atoms with Gasteiger partial charge in [0.1, 0.15) is 94.0 Å². The lowest BCUT2D eigenvalue weighted by Crippen LogP contribution is -2.15. The molecule has 20 nitrogen and oxygen atoms in total. The molecule has 0 saturated heterocycles. The van der Waals surface area contributed by atoms with Crippen LogP contribution in [0.15, 0.2) is 42.5 Å². The molecule has 0 aliphatic carbocycles. The number of esters is 2. The smallest absolute Gasteiger partial charge is 0.325 e. The molecule has 0 aliphatic heterocycles. The van der Waals surface area contributed by atoms with Crippen LogP contribution in [-0.2, 0) is 38.0 Å². The molecule has 2 aromatic rings. The maximum Gasteiger partial charge on any atom is 0.325 e. The summed E-state index contributed by atoms with van der Waals surface area (Å²) in [6.07, 6.45) is 32.5. The van der Waals surface area contributed by atoms with Crippen LogP contribution < -0.4 is 9.47 Å². The first-order valence-electron chi connectivity index (χ1n) is 23.8. The fraction of sp³-hybridized carbons (Fsp3) is 0.365. The molecule has 422 valence electrons. The van der Waals surface area contributed by atoms with E-state index in [0.29, 0.717) is 68.5 Å². The number of benzene rings is 2. The Morgan fingerprint density at radius 2 is 1.08 bits per heavy atom. The highest BCUT2D eigenvalue weighted by Gasteiger charge is 2.18. The quantitative estimate of drug-likeness (QED) is 0.0685. The number of carbonyl (C=O) groups excluding carboxylic acids is 2. The van der Waals surface area contributed by atoms with Crippen molar-refractivity contribution in [2.24, 2.45) is 5.92 Å². The van der Waals surface area contributed by atoms with Crippen molar-refractivity contribution in [3.05, 3.63) is 59.2 Å². The SMILES string of the molecule is C#CC(CC)OCCC#N.C#CCOC(=O)C(C#N)CC#N.C#CCOC(=O)CC#N.C#CCOCCCC#N.C#CCOc1cccc(C#N)c1C#N.C#CCOc1ccccc1C#N.CC#CCOCC#N.CCC#CCOCC#N. The van der Waals surface area contributed by atoms with Crippen LogP contribution in [0.1, 0.15) is 82.4 Å². The molecule has 0 aromatic heterocycles. The number of terminal acetylenes is 6. The normalized spacial score (nSPS) is 8.37. The zero-order chi connectivity index (χ0) is 63.7. The van der Waals surface area contributed by atoms with Gasteiger partial charge in [-0.25, -0.2) is 0 Å². The molecule has 2 atom stereocenters. The van der Waals surface area contributed by atoms with Gasteiger partial charge in [-0.15, -0.1) is 50.4 Å². The van der Waals surface area contributed by atoms with Gasteiger partial charge in [-0.3, -0.25) is 9.59 Å². The number of carbonyl (C=O) groups is 2. The van der Waals surface area contributed by atoms with E-state index in [9.17, 15) is 9.59 Å². The lowest BCUT2D eigenvalue weighted by Gasteiger charge is -2.06. The third kappa shape index (κ3) is 60.9. The minimum absolute atomic E-state index is 0.0550. The lowest BCUT2D eigenvalue weighted by atomic mass is 10.1. The Bertz CT molecular complexity index is 2990. The van der Waals surface area contributed by atoms with Crippen molar-refractivity contribution in [3.63, 3.8) is 0 Å². The van der Waals surface area contributed by atoms with Crippen LogP contribution in [0.4, 0.5) is 0 Å². The second-order valence-corrected chi connectivity index (χ2v) is 13.3. The predicted octanol–water partition coefficient (Wildman–Crippen LogP) is 7.06. The Balaban J connectivity index is -0.000000206. The highest BCUT2D eigenvalue weighted by Crippen LogP contribution is 2.20. The molecule has 2 rings (SSSR count). The van der Waals surface area contributed by atoms with Crippen LogP contribution in [0.5, 0.6) is 11.5 Å². The molecule has 2 aromatic carbocycles. The molecule has 0 N–H and O–H groups in total. The number of rotatable bonds is 21. The minimum Gasteiger partial charge on any atom is -0.480 e. The number of unbranched alkanes of at least 4 members (excludes halogenated alkanes) is 1. The monoisotopic (exact) mass is 1120 g/mol. The molecule has 0 aliphatic rings. The molecule has 0 heterocycles. The Labute approximate surface area is 489 Å². The van der Waals surface area contributed by atoms with Crippen molar-refractivity contribution >= 4 is 11.9 Å². The number of nitriles is 10. The summed E-state index contributed by atoms with van der Waals surface area (Å²) in [7, 11) is 0. The zero-order valence-corrected chi connectivity index (χ0v) is 46.4. The second-order valence-electron chi connectivity index (χ2n) is 13.3. The van der Waals surface area contributed by atoms with Gasteiger partial charge in [0.15, 0.2) is 19.1 Å². The van der Waals surface area contributed by atoms with Crippen molar-refractivity contribution in [3.8, 4) is 170 Å². The first kappa shape index (κ1) is 82.5. The van der Waals surface area contributed by atoms with Crippen LogP contribution in [0.2, 0.25) is 0 Å². The zero-order valence-electron chi connectivity index (χ0n) is 46.4. The maximum absolute atomic E-state index is 10.8. The molecule has 0 bridgehead atoms. The van der Waals surface area contributed by atoms with E-state index in [1.54, 1.807) is 67.6 Å². The maximum atomic E-state index is 10.8. The topological polar surface area (TPSA) is 346 Å². The van der Waals surface area contributed by atoms with Gasteiger partial charge in [0.05, 0.1) is 73.1 Å². The Kier molecular flexibility index (Phi) is 71.9. The Morgan fingerprint density at radius 3 is 1.57 bits per heavy atom. The number of nitrogens with zero attached hydrogens (tertiary/aromatic N) is 10. The minimum atomic E-state index is -1.02. The van der Waals surface area contributed by atoms with Gasteiger partial charge in [0.25, 0.3) is 0 Å². The van der Waals surface area contributed by atoms with Gasteiger partial charge in [-0.2, -0.15) is 52.6 Å². The van der Waals surface area contributed by atoms with E-state index >= 15 is 0 Å². The van der Waals surface area contributed by atoms with E-state index in [-0.39, 0.29) is 64.2 Å². The predicted molar refractivity (Wildman–Crippen MR) is 303 cm³/mol. The van der Waals surface area contributed by atoms with E-state index in [1.165, 1.54) is 0 Å². The summed E-state index contributed by atoms with van der Waals surface area (Å²) >= 11 is 0. The largest absolute Gasteiger partial charge is 0.480 e. The first-order chi connectivity index (χ1) is 40.4. The van der Waals surface area contributed by atoms with E-state index < -0.39 is 17.9 Å². The van der Waals surface area contributed by atoms with E-state index in [2.05, 4.69) is 73.4 Å². The van der Waals surface area contributed by atoms with Crippen LogP contribution in [0, 0.1) is 217 Å². The Morgan fingerprint density at radius 1 is 0.530 bits per heavy atom. The van der Waals surface area contributed by atoms with Gasteiger partial charge in [-0.1, -0.05) is 79.4 Å². The summed E-state index contributed by atoms with van der Waals surface area (Å²) in [5.41, 5.74) is 1.03. The molecular weight excluding hydrogens is 1060 g/mol. The summed E-state index contributed by atoms with van der Waals surface area (Å²) in [5.74, 6) is 23.1. The summed E-state index contributed by atoms with van der Waals surface area (Å²) in [6.45, 7) is 8.12. The summed E-state index contributed by atoms with van der Waals surface area (Å²) in [4.78, 5) is 21.1. The van der Waals surface area contributed by atoms with Gasteiger partial charge < -0.3 is 37.9 Å². The highest BCUT2D eigenvalue weighted by molar-refractivity contribution is 5.75. The van der Waals surface area contributed by atoms with E-state index in [1.807, 2.05) is 56.3 Å². The highest BCUT2D eigenvalue weighted by atomic mass is 16.5. The van der Waals surface area contributed by atoms with E-state index in [4.69, 9.17) is 115 Å². The van der Waals surface area contributed by atoms with Crippen LogP contribution in [0.3, 0.4) is 0 Å².